The van der Waals surface area contributed by atoms with Crippen molar-refractivity contribution in [2.75, 3.05) is 6.61 Å². The van der Waals surface area contributed by atoms with Crippen LogP contribution in [0.15, 0.2) is 24.3 Å². The molecule has 88 valence electrons. The van der Waals surface area contributed by atoms with E-state index in [2.05, 4.69) is 24.3 Å². The van der Waals surface area contributed by atoms with Crippen molar-refractivity contribution in [3.63, 3.8) is 0 Å². The molecule has 1 aliphatic rings. The van der Waals surface area contributed by atoms with E-state index in [9.17, 15) is 10.2 Å². The summed E-state index contributed by atoms with van der Waals surface area (Å²) >= 11 is 0. The van der Waals surface area contributed by atoms with Crippen LogP contribution in [0.4, 0.5) is 0 Å². The molecule has 0 radical (unpaired) electrons. The van der Waals surface area contributed by atoms with Gasteiger partial charge in [0.25, 0.3) is 0 Å². The third-order valence-corrected chi connectivity index (χ3v) is 3.49. The standard InChI is InChI=1S/C14H20O2/c1-13(2,10-15)12-5-3-11(4-6-12)9-14(16)7-8-14/h3-6,15-16H,7-10H2,1-2H3. The molecule has 1 aromatic carbocycles. The molecule has 2 nitrogen and oxygen atoms in total. The zero-order valence-corrected chi connectivity index (χ0v) is 10.0. The molecular formula is C14H20O2. The van der Waals surface area contributed by atoms with Crippen LogP contribution >= 0.6 is 0 Å². The second-order valence-corrected chi connectivity index (χ2v) is 5.64. The first kappa shape index (κ1) is 11.6. The predicted molar refractivity (Wildman–Crippen MR) is 64.4 cm³/mol. The smallest absolute Gasteiger partial charge is 0.0690 e. The van der Waals surface area contributed by atoms with Crippen LogP contribution in [0.5, 0.6) is 0 Å². The Kier molecular flexibility index (Phi) is 2.81. The largest absolute Gasteiger partial charge is 0.395 e. The molecule has 1 fully saturated rings. The molecule has 2 rings (SSSR count). The number of aliphatic hydroxyl groups excluding tert-OH is 1. The second-order valence-electron chi connectivity index (χ2n) is 5.64. The van der Waals surface area contributed by atoms with E-state index >= 15 is 0 Å². The molecule has 16 heavy (non-hydrogen) atoms. The number of benzene rings is 1. The summed E-state index contributed by atoms with van der Waals surface area (Å²) in [5.74, 6) is 0. The van der Waals surface area contributed by atoms with E-state index in [-0.39, 0.29) is 12.0 Å². The maximum atomic E-state index is 9.82. The highest BCUT2D eigenvalue weighted by Crippen LogP contribution is 2.38. The van der Waals surface area contributed by atoms with Gasteiger partial charge in [0, 0.05) is 11.8 Å². The van der Waals surface area contributed by atoms with Crippen LogP contribution in [-0.4, -0.2) is 22.4 Å². The Balaban J connectivity index is 2.10. The van der Waals surface area contributed by atoms with E-state index < -0.39 is 5.60 Å². The van der Waals surface area contributed by atoms with E-state index in [4.69, 9.17) is 0 Å². The van der Waals surface area contributed by atoms with E-state index in [1.54, 1.807) is 0 Å². The van der Waals surface area contributed by atoms with Crippen molar-refractivity contribution < 1.29 is 10.2 Å². The van der Waals surface area contributed by atoms with Crippen LogP contribution in [0.1, 0.15) is 37.8 Å². The SMILES string of the molecule is CC(C)(CO)c1ccc(CC2(O)CC2)cc1. The van der Waals surface area contributed by atoms with Gasteiger partial charge in [-0.1, -0.05) is 38.1 Å². The quantitative estimate of drug-likeness (QED) is 0.815. The third-order valence-electron chi connectivity index (χ3n) is 3.49. The second kappa shape index (κ2) is 3.86. The Labute approximate surface area is 96.9 Å². The summed E-state index contributed by atoms with van der Waals surface area (Å²) in [5, 5.41) is 19.1. The summed E-state index contributed by atoms with van der Waals surface area (Å²) in [6.45, 7) is 4.20. The van der Waals surface area contributed by atoms with Gasteiger partial charge in [-0.3, -0.25) is 0 Å². The Morgan fingerprint density at radius 3 is 2.19 bits per heavy atom. The fourth-order valence-corrected chi connectivity index (χ4v) is 1.87. The van der Waals surface area contributed by atoms with Crippen LogP contribution in [0.3, 0.4) is 0 Å². The molecule has 0 saturated heterocycles. The van der Waals surface area contributed by atoms with Crippen molar-refractivity contribution in [2.24, 2.45) is 0 Å². The summed E-state index contributed by atoms with van der Waals surface area (Å²) in [6, 6.07) is 8.22. The van der Waals surface area contributed by atoms with Crippen molar-refractivity contribution in [1.29, 1.82) is 0 Å². The fraction of sp³-hybridized carbons (Fsp3) is 0.571. The maximum Gasteiger partial charge on any atom is 0.0690 e. The van der Waals surface area contributed by atoms with E-state index in [1.807, 2.05) is 13.8 Å². The lowest BCUT2D eigenvalue weighted by Gasteiger charge is -2.22. The molecule has 0 spiro atoms. The maximum absolute atomic E-state index is 9.82. The van der Waals surface area contributed by atoms with E-state index in [0.717, 1.165) is 24.8 Å². The fourth-order valence-electron chi connectivity index (χ4n) is 1.87. The minimum Gasteiger partial charge on any atom is -0.395 e. The van der Waals surface area contributed by atoms with Crippen molar-refractivity contribution in [3.8, 4) is 0 Å². The summed E-state index contributed by atoms with van der Waals surface area (Å²) in [5.41, 5.74) is 1.71. The van der Waals surface area contributed by atoms with Crippen molar-refractivity contribution in [3.05, 3.63) is 35.4 Å². The minimum atomic E-state index is -0.423. The summed E-state index contributed by atoms with van der Waals surface area (Å²) in [4.78, 5) is 0. The molecule has 0 aliphatic heterocycles. The highest BCUT2D eigenvalue weighted by molar-refractivity contribution is 5.29. The summed E-state index contributed by atoms with van der Waals surface area (Å²) in [6.07, 6.45) is 2.61. The summed E-state index contributed by atoms with van der Waals surface area (Å²) < 4.78 is 0. The lowest BCUT2D eigenvalue weighted by Crippen LogP contribution is -2.22. The van der Waals surface area contributed by atoms with Gasteiger partial charge < -0.3 is 10.2 Å². The Morgan fingerprint density at radius 1 is 1.19 bits per heavy atom. The van der Waals surface area contributed by atoms with E-state index in [1.165, 1.54) is 5.56 Å². The number of hydrogen-bond donors (Lipinski definition) is 2. The van der Waals surface area contributed by atoms with Crippen LogP contribution in [0, 0.1) is 0 Å². The Bertz CT molecular complexity index is 361. The van der Waals surface area contributed by atoms with Crippen molar-refractivity contribution in [2.45, 2.75) is 44.1 Å². The summed E-state index contributed by atoms with van der Waals surface area (Å²) in [7, 11) is 0. The molecule has 2 N–H and O–H groups in total. The molecule has 0 heterocycles. The van der Waals surface area contributed by atoms with Crippen LogP contribution in [-0.2, 0) is 11.8 Å². The highest BCUT2D eigenvalue weighted by Gasteiger charge is 2.40. The number of hydrogen-bond acceptors (Lipinski definition) is 2. The highest BCUT2D eigenvalue weighted by atomic mass is 16.3. The van der Waals surface area contributed by atoms with E-state index in [0.29, 0.717) is 0 Å². The zero-order valence-electron chi connectivity index (χ0n) is 10.0. The van der Waals surface area contributed by atoms with Crippen LogP contribution < -0.4 is 0 Å². The normalized spacial score (nSPS) is 18.5. The first-order valence-corrected chi connectivity index (χ1v) is 5.88. The van der Waals surface area contributed by atoms with Gasteiger partial charge in [-0.2, -0.15) is 0 Å². The molecule has 1 aliphatic carbocycles. The van der Waals surface area contributed by atoms with Crippen molar-refractivity contribution >= 4 is 0 Å². The molecule has 0 atom stereocenters. The molecule has 0 unspecified atom stereocenters. The van der Waals surface area contributed by atoms with Gasteiger partial charge in [-0.05, 0) is 24.0 Å². The first-order chi connectivity index (χ1) is 7.45. The predicted octanol–water partition coefficient (Wildman–Crippen LogP) is 2.02. The van der Waals surface area contributed by atoms with Crippen LogP contribution in [0.25, 0.3) is 0 Å². The molecule has 0 aromatic heterocycles. The monoisotopic (exact) mass is 220 g/mol. The van der Waals surface area contributed by atoms with Gasteiger partial charge in [0.1, 0.15) is 0 Å². The molecule has 1 saturated carbocycles. The van der Waals surface area contributed by atoms with Gasteiger partial charge in [0.2, 0.25) is 0 Å². The molecule has 0 amide bonds. The van der Waals surface area contributed by atoms with Crippen LogP contribution in [0.2, 0.25) is 0 Å². The topological polar surface area (TPSA) is 40.5 Å². The molecule has 2 heteroatoms. The van der Waals surface area contributed by atoms with Gasteiger partial charge >= 0.3 is 0 Å². The molecule has 1 aromatic rings. The van der Waals surface area contributed by atoms with Gasteiger partial charge in [-0.25, -0.2) is 0 Å². The average Bonchev–Trinajstić information content (AvgIpc) is 2.97. The lowest BCUT2D eigenvalue weighted by atomic mass is 9.85. The Morgan fingerprint density at radius 2 is 1.75 bits per heavy atom. The average molecular weight is 220 g/mol. The minimum absolute atomic E-state index is 0.149. The third kappa shape index (κ3) is 2.45. The first-order valence-electron chi connectivity index (χ1n) is 5.88. The Hall–Kier alpha value is -0.860. The molecule has 0 bridgehead atoms. The number of aliphatic hydroxyl groups is 2. The van der Waals surface area contributed by atoms with Gasteiger partial charge in [0.05, 0.1) is 12.2 Å². The lowest BCUT2D eigenvalue weighted by molar-refractivity contribution is 0.151. The van der Waals surface area contributed by atoms with Gasteiger partial charge in [-0.15, -0.1) is 0 Å². The van der Waals surface area contributed by atoms with Crippen molar-refractivity contribution in [1.82, 2.24) is 0 Å². The number of rotatable bonds is 4. The zero-order chi connectivity index (χ0) is 11.8. The van der Waals surface area contributed by atoms with Gasteiger partial charge in [0.15, 0.2) is 0 Å². The molecular weight excluding hydrogens is 200 g/mol.